The molecule has 1 amide bonds. The van der Waals surface area contributed by atoms with Gasteiger partial charge >= 0.3 is 0 Å². The Balaban J connectivity index is 1.32. The zero-order chi connectivity index (χ0) is 29.6. The molecule has 0 radical (unpaired) electrons. The average molecular weight is 582 g/mol. The van der Waals surface area contributed by atoms with Crippen molar-refractivity contribution in [2.45, 2.75) is 38.9 Å². The number of ether oxygens (including phenoxy) is 2. The van der Waals surface area contributed by atoms with E-state index in [-0.39, 0.29) is 11.9 Å². The van der Waals surface area contributed by atoms with E-state index >= 15 is 0 Å². The van der Waals surface area contributed by atoms with Gasteiger partial charge in [0.2, 0.25) is 5.91 Å². The molecule has 216 valence electrons. The number of carbonyl (C=O) groups excluding carboxylic acids is 1. The predicted octanol–water partition coefficient (Wildman–Crippen LogP) is 6.04. The van der Waals surface area contributed by atoms with Crippen LogP contribution in [0.1, 0.15) is 34.8 Å². The van der Waals surface area contributed by atoms with Gasteiger partial charge in [-0.15, -0.1) is 11.3 Å². The highest BCUT2D eigenvalue weighted by atomic mass is 32.1. The quantitative estimate of drug-likeness (QED) is 0.174. The molecular weight excluding hydrogens is 546 g/mol. The van der Waals surface area contributed by atoms with E-state index in [1.165, 1.54) is 0 Å². The minimum absolute atomic E-state index is 0.0208. The lowest BCUT2D eigenvalue weighted by molar-refractivity contribution is -0.122. The van der Waals surface area contributed by atoms with Crippen LogP contribution in [0.15, 0.2) is 78.9 Å². The van der Waals surface area contributed by atoms with Crippen LogP contribution < -0.4 is 25.8 Å². The number of carbonyl (C=O) groups is 1. The van der Waals surface area contributed by atoms with E-state index in [4.69, 9.17) is 20.2 Å². The maximum atomic E-state index is 12.8. The summed E-state index contributed by atoms with van der Waals surface area (Å²) in [7, 11) is 3.23. The number of thiophene rings is 1. The van der Waals surface area contributed by atoms with Gasteiger partial charge in [-0.3, -0.25) is 4.79 Å². The van der Waals surface area contributed by atoms with Gasteiger partial charge < -0.3 is 25.8 Å². The van der Waals surface area contributed by atoms with Gasteiger partial charge in [0.1, 0.15) is 11.6 Å². The van der Waals surface area contributed by atoms with Crippen molar-refractivity contribution in [1.82, 2.24) is 15.3 Å². The first-order valence-corrected chi connectivity index (χ1v) is 14.6. The number of hydrogen-bond acceptors (Lipinski definition) is 8. The van der Waals surface area contributed by atoms with E-state index in [0.717, 1.165) is 43.2 Å². The van der Waals surface area contributed by atoms with Crippen LogP contribution in [-0.4, -0.2) is 36.1 Å². The van der Waals surface area contributed by atoms with Crippen LogP contribution in [0.2, 0.25) is 0 Å². The summed E-state index contributed by atoms with van der Waals surface area (Å²) in [5, 5.41) is 7.38. The SMILES string of the molecule is COc1cc2nc(C)nc(NC(C)c3ccc(-c4ccccc4CC(N)C(=O)NCc4ccccc4)s3)c2cc1OC. The molecule has 5 rings (SSSR count). The molecule has 9 heteroatoms. The summed E-state index contributed by atoms with van der Waals surface area (Å²) in [6, 6.07) is 25.3. The smallest absolute Gasteiger partial charge is 0.237 e. The second-order valence-corrected chi connectivity index (χ2v) is 11.2. The van der Waals surface area contributed by atoms with Gasteiger partial charge in [0.05, 0.1) is 31.8 Å². The maximum absolute atomic E-state index is 12.8. The molecule has 4 N–H and O–H groups in total. The van der Waals surface area contributed by atoms with E-state index < -0.39 is 6.04 Å². The van der Waals surface area contributed by atoms with Crippen LogP contribution in [0.4, 0.5) is 5.82 Å². The maximum Gasteiger partial charge on any atom is 0.237 e. The standard InChI is InChI=1S/C33H35N5O3S/c1-20(36-32-25-17-28(40-3)29(41-4)18-27(25)37-21(2)38-32)30-14-15-31(42-30)24-13-9-8-12-23(24)16-26(34)33(39)35-19-22-10-6-5-7-11-22/h5-15,17-18,20,26H,16,19,34H2,1-4H3,(H,35,39)(H,36,37,38). The topological polar surface area (TPSA) is 111 Å². The average Bonchev–Trinajstić information content (AvgIpc) is 3.50. The van der Waals surface area contributed by atoms with Crippen LogP contribution in [0.25, 0.3) is 21.3 Å². The van der Waals surface area contributed by atoms with Crippen LogP contribution in [-0.2, 0) is 17.8 Å². The Bertz CT molecular complexity index is 1690. The fourth-order valence-corrected chi connectivity index (χ4v) is 5.94. The monoisotopic (exact) mass is 581 g/mol. The van der Waals surface area contributed by atoms with E-state index in [0.29, 0.717) is 30.3 Å². The van der Waals surface area contributed by atoms with E-state index in [2.05, 4.69) is 40.7 Å². The van der Waals surface area contributed by atoms with Crippen LogP contribution >= 0.6 is 11.3 Å². The predicted molar refractivity (Wildman–Crippen MR) is 169 cm³/mol. The summed E-state index contributed by atoms with van der Waals surface area (Å²) in [5.41, 5.74) is 10.3. The summed E-state index contributed by atoms with van der Waals surface area (Å²) in [5.74, 6) is 2.47. The Hall–Kier alpha value is -4.47. The first kappa shape index (κ1) is 29.0. The number of amides is 1. The normalized spacial score (nSPS) is 12.5. The van der Waals surface area contributed by atoms with Crippen LogP contribution in [0, 0.1) is 6.92 Å². The molecule has 0 saturated heterocycles. The summed E-state index contributed by atoms with van der Waals surface area (Å²) in [6.45, 7) is 4.44. The number of nitrogens with two attached hydrogens (primary N) is 1. The van der Waals surface area contributed by atoms with Gasteiger partial charge in [-0.2, -0.15) is 0 Å². The Morgan fingerprint density at radius 3 is 2.43 bits per heavy atom. The molecule has 3 aromatic carbocycles. The Morgan fingerprint density at radius 1 is 0.952 bits per heavy atom. The van der Waals surface area contributed by atoms with Crippen molar-refractivity contribution in [3.8, 4) is 21.9 Å². The molecule has 0 aliphatic carbocycles. The third-order valence-electron chi connectivity index (χ3n) is 7.09. The number of fused-ring (bicyclic) bond motifs is 1. The first-order valence-electron chi connectivity index (χ1n) is 13.8. The zero-order valence-electron chi connectivity index (χ0n) is 24.2. The fraction of sp³-hybridized carbons (Fsp3) is 0.242. The molecule has 2 heterocycles. The number of benzene rings is 3. The number of aromatic nitrogens is 2. The van der Waals surface area contributed by atoms with E-state index in [1.807, 2.05) is 67.6 Å². The van der Waals surface area contributed by atoms with Gasteiger partial charge in [-0.05, 0) is 55.2 Å². The van der Waals surface area contributed by atoms with Gasteiger partial charge in [-0.25, -0.2) is 9.97 Å². The van der Waals surface area contributed by atoms with Crippen molar-refractivity contribution in [3.63, 3.8) is 0 Å². The van der Waals surface area contributed by atoms with Crippen molar-refractivity contribution in [1.29, 1.82) is 0 Å². The summed E-state index contributed by atoms with van der Waals surface area (Å²) < 4.78 is 11.0. The molecule has 5 aromatic rings. The van der Waals surface area contributed by atoms with E-state index in [9.17, 15) is 4.79 Å². The first-order chi connectivity index (χ1) is 20.4. The lowest BCUT2D eigenvalue weighted by Gasteiger charge is -2.17. The molecule has 0 aliphatic rings. The number of methoxy groups -OCH3 is 2. The van der Waals surface area contributed by atoms with Crippen molar-refractivity contribution >= 4 is 34.0 Å². The zero-order valence-corrected chi connectivity index (χ0v) is 25.0. The molecular formula is C33H35N5O3S. The van der Waals surface area contributed by atoms with Crippen molar-refractivity contribution in [2.24, 2.45) is 5.73 Å². The van der Waals surface area contributed by atoms with Gasteiger partial charge in [-0.1, -0.05) is 54.6 Å². The number of nitrogens with one attached hydrogen (secondary N) is 2. The number of aryl methyl sites for hydroxylation is 1. The van der Waals surface area contributed by atoms with Gasteiger partial charge in [0, 0.05) is 27.8 Å². The molecule has 42 heavy (non-hydrogen) atoms. The number of nitrogens with zero attached hydrogens (tertiary/aromatic N) is 2. The molecule has 0 bridgehead atoms. The second kappa shape index (κ2) is 13.0. The van der Waals surface area contributed by atoms with Crippen LogP contribution in [0.3, 0.4) is 0 Å². The van der Waals surface area contributed by atoms with E-state index in [1.54, 1.807) is 25.6 Å². The number of anilines is 1. The Morgan fingerprint density at radius 2 is 1.67 bits per heavy atom. The van der Waals surface area contributed by atoms with Crippen LogP contribution in [0.5, 0.6) is 11.5 Å². The largest absolute Gasteiger partial charge is 0.493 e. The number of hydrogen-bond donors (Lipinski definition) is 3. The second-order valence-electron chi connectivity index (χ2n) is 10.1. The Labute approximate surface area is 249 Å². The fourth-order valence-electron chi connectivity index (χ4n) is 4.87. The highest BCUT2D eigenvalue weighted by Gasteiger charge is 2.19. The molecule has 8 nitrogen and oxygen atoms in total. The number of rotatable bonds is 11. The van der Waals surface area contributed by atoms with Crippen molar-refractivity contribution in [2.75, 3.05) is 19.5 Å². The summed E-state index contributed by atoms with van der Waals surface area (Å²) in [4.78, 5) is 24.3. The third kappa shape index (κ3) is 6.53. The van der Waals surface area contributed by atoms with Crippen molar-refractivity contribution in [3.05, 3.63) is 101 Å². The molecule has 0 fully saturated rings. The van der Waals surface area contributed by atoms with Gasteiger partial charge in [0.15, 0.2) is 11.5 Å². The molecule has 2 unspecified atom stereocenters. The molecule has 0 spiro atoms. The lowest BCUT2D eigenvalue weighted by atomic mass is 9.99. The van der Waals surface area contributed by atoms with Gasteiger partial charge in [0.25, 0.3) is 0 Å². The summed E-state index contributed by atoms with van der Waals surface area (Å²) >= 11 is 1.70. The summed E-state index contributed by atoms with van der Waals surface area (Å²) in [6.07, 6.45) is 0.440. The molecule has 2 atom stereocenters. The lowest BCUT2D eigenvalue weighted by Crippen LogP contribution is -2.41. The highest BCUT2D eigenvalue weighted by molar-refractivity contribution is 7.15. The molecule has 0 aliphatic heterocycles. The minimum atomic E-state index is -0.653. The Kier molecular flexibility index (Phi) is 9.00. The molecule has 2 aromatic heterocycles. The van der Waals surface area contributed by atoms with Crippen molar-refractivity contribution < 1.29 is 14.3 Å². The third-order valence-corrected chi connectivity index (χ3v) is 8.39. The highest BCUT2D eigenvalue weighted by Crippen LogP contribution is 2.37. The minimum Gasteiger partial charge on any atom is -0.493 e. The molecule has 0 saturated carbocycles.